The number of benzene rings is 1. The zero-order valence-electron chi connectivity index (χ0n) is 8.37. The van der Waals surface area contributed by atoms with Crippen LogP contribution in [-0.4, -0.2) is 30.4 Å². The number of hydrogen-bond acceptors (Lipinski definition) is 2. The van der Waals surface area contributed by atoms with Crippen molar-refractivity contribution in [1.82, 2.24) is 10.2 Å². The van der Waals surface area contributed by atoms with Crippen LogP contribution in [0.15, 0.2) is 24.3 Å². The molecule has 0 aliphatic carbocycles. The highest BCUT2D eigenvalue weighted by Crippen LogP contribution is 2.10. The van der Waals surface area contributed by atoms with Crippen LogP contribution in [0.25, 0.3) is 0 Å². The molecule has 1 aliphatic rings. The molecule has 0 bridgehead atoms. The van der Waals surface area contributed by atoms with Gasteiger partial charge < -0.3 is 10.2 Å². The first-order valence-electron chi connectivity index (χ1n) is 4.98. The largest absolute Gasteiger partial charge is 0.336 e. The van der Waals surface area contributed by atoms with Crippen LogP contribution >= 0.6 is 22.6 Å². The summed E-state index contributed by atoms with van der Waals surface area (Å²) in [6.07, 6.45) is 0. The zero-order chi connectivity index (χ0) is 10.7. The Labute approximate surface area is 103 Å². The van der Waals surface area contributed by atoms with E-state index in [4.69, 9.17) is 0 Å². The summed E-state index contributed by atoms with van der Waals surface area (Å²) in [5, 5.41) is 3.07. The van der Waals surface area contributed by atoms with E-state index in [-0.39, 0.29) is 5.91 Å². The van der Waals surface area contributed by atoms with Crippen LogP contribution in [0.2, 0.25) is 0 Å². The van der Waals surface area contributed by atoms with Gasteiger partial charge in [-0.25, -0.2) is 0 Å². The summed E-state index contributed by atoms with van der Waals surface area (Å²) in [5.41, 5.74) is 1.20. The Hall–Kier alpha value is -0.620. The Morgan fingerprint density at radius 1 is 1.33 bits per heavy atom. The molecule has 80 valence electrons. The molecule has 2 rings (SSSR count). The van der Waals surface area contributed by atoms with Gasteiger partial charge in [-0.2, -0.15) is 0 Å². The Bertz CT molecular complexity index is 350. The van der Waals surface area contributed by atoms with Crippen molar-refractivity contribution in [2.75, 3.05) is 19.6 Å². The molecule has 1 aliphatic heterocycles. The van der Waals surface area contributed by atoms with E-state index in [0.717, 1.165) is 19.6 Å². The monoisotopic (exact) mass is 316 g/mol. The molecule has 1 fully saturated rings. The Kier molecular flexibility index (Phi) is 3.58. The first-order chi connectivity index (χ1) is 7.25. The van der Waals surface area contributed by atoms with Gasteiger partial charge in [0.25, 0.3) is 0 Å². The summed E-state index contributed by atoms with van der Waals surface area (Å²) in [7, 11) is 0. The predicted octanol–water partition coefficient (Wildman–Crippen LogP) is 1.22. The van der Waals surface area contributed by atoms with E-state index < -0.39 is 0 Å². The average Bonchev–Trinajstić information content (AvgIpc) is 2.25. The number of nitrogens with zero attached hydrogens (tertiary/aromatic N) is 1. The van der Waals surface area contributed by atoms with Gasteiger partial charge in [0.2, 0.25) is 5.91 Å². The highest BCUT2D eigenvalue weighted by atomic mass is 127. The molecule has 3 nitrogen and oxygen atoms in total. The lowest BCUT2D eigenvalue weighted by Gasteiger charge is -2.27. The van der Waals surface area contributed by atoms with Gasteiger partial charge in [-0.15, -0.1) is 0 Å². The fourth-order valence-corrected chi connectivity index (χ4v) is 1.98. The summed E-state index contributed by atoms with van der Waals surface area (Å²) in [6, 6.07) is 8.30. The third kappa shape index (κ3) is 2.92. The third-order valence-electron chi connectivity index (χ3n) is 2.47. The molecule has 1 heterocycles. The number of halogens is 1. The molecule has 0 spiro atoms. The highest BCUT2D eigenvalue weighted by molar-refractivity contribution is 14.1. The molecule has 0 saturated carbocycles. The molecule has 1 aromatic carbocycles. The molecule has 1 amide bonds. The summed E-state index contributed by atoms with van der Waals surface area (Å²) in [5.74, 6) is 0.194. The minimum Gasteiger partial charge on any atom is -0.336 e. The maximum absolute atomic E-state index is 11.5. The second-order valence-electron chi connectivity index (χ2n) is 3.62. The summed E-state index contributed by atoms with van der Waals surface area (Å²) in [4.78, 5) is 13.4. The highest BCUT2D eigenvalue weighted by Gasteiger charge is 2.17. The molecule has 0 radical (unpaired) electrons. The van der Waals surface area contributed by atoms with Gasteiger partial charge in [0, 0.05) is 23.2 Å². The normalized spacial score (nSPS) is 16.9. The quantitative estimate of drug-likeness (QED) is 0.832. The first-order valence-corrected chi connectivity index (χ1v) is 6.06. The van der Waals surface area contributed by atoms with E-state index in [0.29, 0.717) is 6.54 Å². The van der Waals surface area contributed by atoms with Crippen LogP contribution < -0.4 is 5.32 Å². The van der Waals surface area contributed by atoms with Crippen LogP contribution in [0.4, 0.5) is 0 Å². The lowest BCUT2D eigenvalue weighted by molar-refractivity contribution is -0.132. The van der Waals surface area contributed by atoms with Crippen molar-refractivity contribution in [3.8, 4) is 0 Å². The molecule has 0 unspecified atom stereocenters. The summed E-state index contributed by atoms with van der Waals surface area (Å²) < 4.78 is 1.22. The zero-order valence-corrected chi connectivity index (χ0v) is 10.5. The number of carbonyl (C=O) groups is 1. The number of rotatable bonds is 2. The van der Waals surface area contributed by atoms with E-state index in [2.05, 4.69) is 52.2 Å². The van der Waals surface area contributed by atoms with Crippen LogP contribution in [0, 0.1) is 3.57 Å². The smallest absolute Gasteiger partial charge is 0.236 e. The van der Waals surface area contributed by atoms with Crippen LogP contribution in [-0.2, 0) is 11.3 Å². The minimum absolute atomic E-state index is 0.194. The molecule has 1 aromatic rings. The van der Waals surface area contributed by atoms with E-state index in [1.165, 1.54) is 9.13 Å². The topological polar surface area (TPSA) is 32.3 Å². The van der Waals surface area contributed by atoms with Crippen LogP contribution in [0.3, 0.4) is 0 Å². The predicted molar refractivity (Wildman–Crippen MR) is 67.4 cm³/mol. The maximum Gasteiger partial charge on any atom is 0.236 e. The molecule has 1 saturated heterocycles. The standard InChI is InChI=1S/C11H13IN2O/c12-10-3-1-9(2-4-10)8-14-6-5-13-7-11(14)15/h1-4,13H,5-8H2. The van der Waals surface area contributed by atoms with Crippen LogP contribution in [0.1, 0.15) is 5.56 Å². The summed E-state index contributed by atoms with van der Waals surface area (Å²) >= 11 is 2.28. The number of piperazine rings is 1. The third-order valence-corrected chi connectivity index (χ3v) is 3.19. The Morgan fingerprint density at radius 2 is 2.07 bits per heavy atom. The second-order valence-corrected chi connectivity index (χ2v) is 4.86. The van der Waals surface area contributed by atoms with Gasteiger partial charge in [-0.3, -0.25) is 4.79 Å². The Balaban J connectivity index is 2.01. The lowest BCUT2D eigenvalue weighted by Crippen LogP contribution is -2.47. The maximum atomic E-state index is 11.5. The fourth-order valence-electron chi connectivity index (χ4n) is 1.62. The SMILES string of the molecule is O=C1CNCCN1Cc1ccc(I)cc1. The number of nitrogens with one attached hydrogen (secondary N) is 1. The molecular formula is C11H13IN2O. The van der Waals surface area contributed by atoms with Crippen LogP contribution in [0.5, 0.6) is 0 Å². The molecule has 0 aromatic heterocycles. The summed E-state index contributed by atoms with van der Waals surface area (Å²) in [6.45, 7) is 2.92. The number of carbonyl (C=O) groups excluding carboxylic acids is 1. The van der Waals surface area contributed by atoms with Crippen molar-refractivity contribution in [2.24, 2.45) is 0 Å². The first kappa shape index (κ1) is 10.9. The fraction of sp³-hybridized carbons (Fsp3) is 0.364. The van der Waals surface area contributed by atoms with Crippen molar-refractivity contribution < 1.29 is 4.79 Å². The molecule has 15 heavy (non-hydrogen) atoms. The van der Waals surface area contributed by atoms with E-state index in [1.807, 2.05) is 4.90 Å². The van der Waals surface area contributed by atoms with Crippen molar-refractivity contribution in [2.45, 2.75) is 6.54 Å². The van der Waals surface area contributed by atoms with Gasteiger partial charge >= 0.3 is 0 Å². The minimum atomic E-state index is 0.194. The molecule has 4 heteroatoms. The second kappa shape index (κ2) is 4.94. The molecule has 1 N–H and O–H groups in total. The van der Waals surface area contributed by atoms with Gasteiger partial charge in [-0.1, -0.05) is 12.1 Å². The number of amides is 1. The average molecular weight is 316 g/mol. The van der Waals surface area contributed by atoms with Gasteiger partial charge in [0.1, 0.15) is 0 Å². The van der Waals surface area contributed by atoms with Gasteiger partial charge in [0.05, 0.1) is 6.54 Å². The van der Waals surface area contributed by atoms with E-state index in [9.17, 15) is 4.79 Å². The van der Waals surface area contributed by atoms with Gasteiger partial charge in [0.15, 0.2) is 0 Å². The van der Waals surface area contributed by atoms with Crippen molar-refractivity contribution in [3.05, 3.63) is 33.4 Å². The number of hydrogen-bond donors (Lipinski definition) is 1. The van der Waals surface area contributed by atoms with Crippen molar-refractivity contribution >= 4 is 28.5 Å². The molecular weight excluding hydrogens is 303 g/mol. The van der Waals surface area contributed by atoms with E-state index in [1.54, 1.807) is 0 Å². The van der Waals surface area contributed by atoms with E-state index >= 15 is 0 Å². The molecule has 0 atom stereocenters. The van der Waals surface area contributed by atoms with Crippen molar-refractivity contribution in [3.63, 3.8) is 0 Å². The lowest BCUT2D eigenvalue weighted by atomic mass is 10.2. The Morgan fingerprint density at radius 3 is 2.73 bits per heavy atom. The van der Waals surface area contributed by atoms with Gasteiger partial charge in [-0.05, 0) is 40.3 Å². The van der Waals surface area contributed by atoms with Crippen molar-refractivity contribution in [1.29, 1.82) is 0 Å².